The highest BCUT2D eigenvalue weighted by Gasteiger charge is 2.53. The van der Waals surface area contributed by atoms with Crippen LogP contribution < -0.4 is 4.74 Å². The Labute approximate surface area is 123 Å². The van der Waals surface area contributed by atoms with Crippen LogP contribution in [0.3, 0.4) is 0 Å². The fourth-order valence-electron chi connectivity index (χ4n) is 3.81. The molecule has 0 aliphatic heterocycles. The Hall–Kier alpha value is -0.540. The van der Waals surface area contributed by atoms with Gasteiger partial charge in [-0.05, 0) is 60.8 Å². The lowest BCUT2D eigenvalue weighted by molar-refractivity contribution is 0.140. The molecule has 2 saturated carbocycles. The molecule has 2 aliphatic carbocycles. The summed E-state index contributed by atoms with van der Waals surface area (Å²) in [7, 11) is 1.68. The number of halogens is 1. The van der Waals surface area contributed by atoms with E-state index >= 15 is 0 Å². The molecular formula is C16H21BrO2. The predicted molar refractivity (Wildman–Crippen MR) is 79.3 cm³/mol. The molecule has 2 fully saturated rings. The van der Waals surface area contributed by atoms with E-state index in [1.54, 1.807) is 7.11 Å². The molecule has 2 aliphatic rings. The average molecular weight is 325 g/mol. The third-order valence-electron chi connectivity index (χ3n) is 4.85. The minimum absolute atomic E-state index is 0.198. The number of aliphatic hydroxyl groups is 1. The van der Waals surface area contributed by atoms with Crippen LogP contribution in [-0.4, -0.2) is 18.3 Å². The van der Waals surface area contributed by atoms with Gasteiger partial charge in [-0.25, -0.2) is 0 Å². The van der Waals surface area contributed by atoms with Gasteiger partial charge in [0.25, 0.3) is 0 Å². The molecule has 3 unspecified atom stereocenters. The molecule has 0 bridgehead atoms. The molecule has 3 atom stereocenters. The number of benzene rings is 1. The highest BCUT2D eigenvalue weighted by molar-refractivity contribution is 9.10. The zero-order chi connectivity index (χ0) is 13.4. The molecule has 104 valence electrons. The summed E-state index contributed by atoms with van der Waals surface area (Å²) >= 11 is 3.57. The van der Waals surface area contributed by atoms with Gasteiger partial charge in [0.15, 0.2) is 0 Å². The number of rotatable bonds is 4. The predicted octanol–water partition coefficient (Wildman–Crippen LogP) is 3.80. The molecule has 1 aromatic rings. The molecule has 0 radical (unpaired) electrons. The third kappa shape index (κ3) is 2.68. The highest BCUT2D eigenvalue weighted by Crippen LogP contribution is 2.57. The largest absolute Gasteiger partial charge is 0.497 e. The lowest BCUT2D eigenvalue weighted by atomic mass is 10.0. The first kappa shape index (κ1) is 13.4. The quantitative estimate of drug-likeness (QED) is 0.912. The Kier molecular flexibility index (Phi) is 3.86. The molecule has 3 heteroatoms. The van der Waals surface area contributed by atoms with Crippen molar-refractivity contribution in [2.24, 2.45) is 17.8 Å². The summed E-state index contributed by atoms with van der Waals surface area (Å²) in [4.78, 5) is 0. The van der Waals surface area contributed by atoms with Crippen molar-refractivity contribution in [3.63, 3.8) is 0 Å². The average Bonchev–Trinajstić information content (AvgIpc) is 3.15. The normalized spacial score (nSPS) is 30.6. The number of hydrogen-bond donors (Lipinski definition) is 1. The highest BCUT2D eigenvalue weighted by atomic mass is 79.9. The van der Waals surface area contributed by atoms with Crippen molar-refractivity contribution in [2.75, 3.05) is 7.11 Å². The summed E-state index contributed by atoms with van der Waals surface area (Å²) in [6.07, 6.45) is 5.89. The molecule has 0 saturated heterocycles. The molecule has 0 amide bonds. The fourth-order valence-corrected chi connectivity index (χ4v) is 4.22. The Balaban J connectivity index is 1.68. The number of fused-ring (bicyclic) bond motifs is 1. The van der Waals surface area contributed by atoms with Gasteiger partial charge in [0.05, 0.1) is 13.2 Å². The van der Waals surface area contributed by atoms with Crippen LogP contribution in [0, 0.1) is 17.8 Å². The third-order valence-corrected chi connectivity index (χ3v) is 5.62. The summed E-state index contributed by atoms with van der Waals surface area (Å²) in [6, 6.07) is 5.97. The maximum absolute atomic E-state index is 10.5. The molecule has 2 nitrogen and oxygen atoms in total. The van der Waals surface area contributed by atoms with E-state index in [9.17, 15) is 5.11 Å². The van der Waals surface area contributed by atoms with Crippen LogP contribution in [0.15, 0.2) is 22.7 Å². The van der Waals surface area contributed by atoms with Crippen molar-refractivity contribution in [3.8, 4) is 5.75 Å². The summed E-state index contributed by atoms with van der Waals surface area (Å²) < 4.78 is 6.33. The molecule has 1 N–H and O–H groups in total. The summed E-state index contributed by atoms with van der Waals surface area (Å²) in [6.45, 7) is 0. The summed E-state index contributed by atoms with van der Waals surface area (Å²) in [5, 5.41) is 10.5. The van der Waals surface area contributed by atoms with Gasteiger partial charge < -0.3 is 9.84 Å². The number of aliphatic hydroxyl groups excluding tert-OH is 1. The molecule has 1 aromatic carbocycles. The smallest absolute Gasteiger partial charge is 0.119 e. The minimum Gasteiger partial charge on any atom is -0.497 e. The second-order valence-corrected chi connectivity index (χ2v) is 6.77. The second kappa shape index (κ2) is 5.45. The second-order valence-electron chi connectivity index (χ2n) is 5.92. The Morgan fingerprint density at radius 3 is 2.63 bits per heavy atom. The first-order valence-electron chi connectivity index (χ1n) is 7.21. The summed E-state index contributed by atoms with van der Waals surface area (Å²) in [5.41, 5.74) is 1.15. The number of ether oxygens (including phenoxy) is 1. The maximum Gasteiger partial charge on any atom is 0.119 e. The van der Waals surface area contributed by atoms with E-state index in [2.05, 4.69) is 15.9 Å². The number of hydrogen-bond acceptors (Lipinski definition) is 2. The van der Waals surface area contributed by atoms with Gasteiger partial charge in [-0.1, -0.05) is 28.8 Å². The van der Waals surface area contributed by atoms with E-state index < -0.39 is 0 Å². The van der Waals surface area contributed by atoms with Crippen LogP contribution in [0.5, 0.6) is 5.75 Å². The zero-order valence-electron chi connectivity index (χ0n) is 11.3. The van der Waals surface area contributed by atoms with Crippen LogP contribution in [-0.2, 0) is 6.42 Å². The van der Waals surface area contributed by atoms with Gasteiger partial charge in [0.1, 0.15) is 5.75 Å². The zero-order valence-corrected chi connectivity index (χ0v) is 12.9. The van der Waals surface area contributed by atoms with E-state index in [4.69, 9.17) is 4.74 Å². The standard InChI is InChI=1S/C16H21BrO2/c1-19-11-6-7-14(17)10(8-11)9-15(18)16-12-4-2-3-5-13(12)16/h6-8,12-13,15-16,18H,2-5,9H2,1H3. The summed E-state index contributed by atoms with van der Waals surface area (Å²) in [5.74, 6) is 3.00. The van der Waals surface area contributed by atoms with Gasteiger partial charge in [-0.15, -0.1) is 0 Å². The van der Waals surface area contributed by atoms with Gasteiger partial charge >= 0.3 is 0 Å². The van der Waals surface area contributed by atoms with Gasteiger partial charge in [0.2, 0.25) is 0 Å². The van der Waals surface area contributed by atoms with Crippen molar-refractivity contribution in [2.45, 2.75) is 38.2 Å². The molecule has 0 aromatic heterocycles. The first-order chi connectivity index (χ1) is 9.20. The molecule has 19 heavy (non-hydrogen) atoms. The van der Waals surface area contributed by atoms with Crippen LogP contribution >= 0.6 is 15.9 Å². The topological polar surface area (TPSA) is 29.5 Å². The van der Waals surface area contributed by atoms with Gasteiger partial charge in [-0.3, -0.25) is 0 Å². The van der Waals surface area contributed by atoms with Crippen LogP contribution in [0.2, 0.25) is 0 Å². The molecule has 0 spiro atoms. The lowest BCUT2D eigenvalue weighted by Crippen LogP contribution is -2.15. The van der Waals surface area contributed by atoms with E-state index in [1.807, 2.05) is 18.2 Å². The van der Waals surface area contributed by atoms with Crippen LogP contribution in [0.4, 0.5) is 0 Å². The van der Waals surface area contributed by atoms with Crippen LogP contribution in [0.25, 0.3) is 0 Å². The van der Waals surface area contributed by atoms with E-state index in [-0.39, 0.29) is 6.10 Å². The van der Waals surface area contributed by atoms with Crippen molar-refractivity contribution in [1.82, 2.24) is 0 Å². The SMILES string of the molecule is COc1ccc(Br)c(CC(O)C2C3CCCCC32)c1. The van der Waals surface area contributed by atoms with E-state index in [0.29, 0.717) is 5.92 Å². The van der Waals surface area contributed by atoms with Gasteiger partial charge in [0, 0.05) is 4.47 Å². The first-order valence-corrected chi connectivity index (χ1v) is 8.00. The van der Waals surface area contributed by atoms with E-state index in [1.165, 1.54) is 25.7 Å². The molecule has 0 heterocycles. The van der Waals surface area contributed by atoms with E-state index in [0.717, 1.165) is 34.0 Å². The fraction of sp³-hybridized carbons (Fsp3) is 0.625. The maximum atomic E-state index is 10.5. The monoisotopic (exact) mass is 324 g/mol. The minimum atomic E-state index is -0.198. The molecular weight excluding hydrogens is 304 g/mol. The van der Waals surface area contributed by atoms with Crippen molar-refractivity contribution in [1.29, 1.82) is 0 Å². The Morgan fingerprint density at radius 2 is 2.00 bits per heavy atom. The molecule has 3 rings (SSSR count). The van der Waals surface area contributed by atoms with Crippen molar-refractivity contribution < 1.29 is 9.84 Å². The van der Waals surface area contributed by atoms with Gasteiger partial charge in [-0.2, -0.15) is 0 Å². The number of methoxy groups -OCH3 is 1. The van der Waals surface area contributed by atoms with Crippen molar-refractivity contribution in [3.05, 3.63) is 28.2 Å². The van der Waals surface area contributed by atoms with Crippen molar-refractivity contribution >= 4 is 15.9 Å². The van der Waals surface area contributed by atoms with Crippen LogP contribution in [0.1, 0.15) is 31.2 Å². The Morgan fingerprint density at radius 1 is 1.32 bits per heavy atom. The lowest BCUT2D eigenvalue weighted by Gasteiger charge is -2.13. The Bertz CT molecular complexity index is 448.